The highest BCUT2D eigenvalue weighted by Gasteiger charge is 2.39. The first kappa shape index (κ1) is 20.2. The maximum absolute atomic E-state index is 12.7. The molecule has 1 amide bonds. The lowest BCUT2D eigenvalue weighted by Crippen LogP contribution is -2.38. The van der Waals surface area contributed by atoms with Gasteiger partial charge >= 0.3 is 0 Å². The van der Waals surface area contributed by atoms with E-state index in [0.29, 0.717) is 30.2 Å². The number of aliphatic hydroxyl groups is 1. The first-order chi connectivity index (χ1) is 13.0. The average molecular weight is 388 g/mol. The number of allylic oxidation sites excluding steroid dienone is 1. The van der Waals surface area contributed by atoms with E-state index < -0.39 is 0 Å². The molecule has 1 aromatic carbocycles. The van der Waals surface area contributed by atoms with E-state index in [4.69, 9.17) is 11.6 Å². The molecule has 2 aliphatic carbocycles. The van der Waals surface area contributed by atoms with Crippen LogP contribution in [0, 0.1) is 23.7 Å². The molecule has 0 saturated heterocycles. The molecule has 0 aromatic heterocycles. The van der Waals surface area contributed by atoms with Crippen molar-refractivity contribution in [2.45, 2.75) is 39.0 Å². The van der Waals surface area contributed by atoms with Gasteiger partial charge in [-0.2, -0.15) is 0 Å². The van der Waals surface area contributed by atoms with Crippen LogP contribution in [0.1, 0.15) is 38.2 Å². The van der Waals surface area contributed by atoms with Gasteiger partial charge in [0.1, 0.15) is 0 Å². The zero-order valence-electron chi connectivity index (χ0n) is 16.1. The SMILES string of the molecule is C=C(CO)[C@H]1CC[C@H](C)[C@@H]2CCC(C(=O)NCCc3ccc(Cl)cc3)=C[C@@H]21. The number of hydrogen-bond donors (Lipinski definition) is 2. The summed E-state index contributed by atoms with van der Waals surface area (Å²) < 4.78 is 0. The van der Waals surface area contributed by atoms with Gasteiger partial charge in [-0.25, -0.2) is 0 Å². The van der Waals surface area contributed by atoms with Crippen LogP contribution in [-0.2, 0) is 11.2 Å². The Morgan fingerprint density at radius 1 is 1.26 bits per heavy atom. The molecule has 1 fully saturated rings. The fraction of sp³-hybridized carbons (Fsp3) is 0.522. The molecular formula is C23H30ClNO2. The predicted octanol–water partition coefficient (Wildman–Crippen LogP) is 4.55. The first-order valence-corrected chi connectivity index (χ1v) is 10.4. The molecule has 3 nitrogen and oxygen atoms in total. The Labute approximate surface area is 167 Å². The number of aliphatic hydroxyl groups excluding tert-OH is 1. The molecule has 3 rings (SSSR count). The number of carbonyl (C=O) groups is 1. The van der Waals surface area contributed by atoms with Gasteiger partial charge in [0.2, 0.25) is 5.91 Å². The molecule has 0 spiro atoms. The average Bonchev–Trinajstić information content (AvgIpc) is 2.69. The van der Waals surface area contributed by atoms with E-state index in [2.05, 4.69) is 24.9 Å². The summed E-state index contributed by atoms with van der Waals surface area (Å²) in [5, 5.41) is 13.3. The maximum atomic E-state index is 12.7. The molecule has 1 saturated carbocycles. The van der Waals surface area contributed by atoms with Crippen LogP contribution in [0.4, 0.5) is 0 Å². The normalized spacial score (nSPS) is 27.4. The lowest BCUT2D eigenvalue weighted by molar-refractivity contribution is -0.117. The van der Waals surface area contributed by atoms with Gasteiger partial charge in [-0.15, -0.1) is 0 Å². The van der Waals surface area contributed by atoms with Crippen LogP contribution in [0.3, 0.4) is 0 Å². The van der Waals surface area contributed by atoms with Gasteiger partial charge in [-0.3, -0.25) is 4.79 Å². The summed E-state index contributed by atoms with van der Waals surface area (Å²) in [5.74, 6) is 1.95. The minimum absolute atomic E-state index is 0.0404. The Bertz CT molecular complexity index is 710. The van der Waals surface area contributed by atoms with E-state index in [1.54, 1.807) is 0 Å². The maximum Gasteiger partial charge on any atom is 0.246 e. The summed E-state index contributed by atoms with van der Waals surface area (Å²) in [6, 6.07) is 7.74. The number of hydrogen-bond acceptors (Lipinski definition) is 2. The van der Waals surface area contributed by atoms with E-state index in [1.165, 1.54) is 6.42 Å². The van der Waals surface area contributed by atoms with E-state index in [1.807, 2.05) is 24.3 Å². The molecule has 2 N–H and O–H groups in total. The molecule has 0 bridgehead atoms. The summed E-state index contributed by atoms with van der Waals surface area (Å²) in [5.41, 5.74) is 2.98. The van der Waals surface area contributed by atoms with Gasteiger partial charge in [0.15, 0.2) is 0 Å². The molecular weight excluding hydrogens is 358 g/mol. The van der Waals surface area contributed by atoms with Crippen molar-refractivity contribution in [1.82, 2.24) is 5.32 Å². The number of nitrogens with one attached hydrogen (secondary N) is 1. The zero-order chi connectivity index (χ0) is 19.4. The van der Waals surface area contributed by atoms with Crippen molar-refractivity contribution in [3.05, 3.63) is 58.7 Å². The van der Waals surface area contributed by atoms with Crippen molar-refractivity contribution < 1.29 is 9.90 Å². The third kappa shape index (κ3) is 4.83. The number of halogens is 1. The van der Waals surface area contributed by atoms with Gasteiger partial charge in [0.05, 0.1) is 6.61 Å². The van der Waals surface area contributed by atoms with Gasteiger partial charge in [0, 0.05) is 17.1 Å². The van der Waals surface area contributed by atoms with Gasteiger partial charge in [-0.05, 0) is 79.0 Å². The van der Waals surface area contributed by atoms with Crippen molar-refractivity contribution in [1.29, 1.82) is 0 Å². The third-order valence-electron chi connectivity index (χ3n) is 6.40. The summed E-state index contributed by atoms with van der Waals surface area (Å²) in [4.78, 5) is 12.7. The zero-order valence-corrected chi connectivity index (χ0v) is 16.8. The van der Waals surface area contributed by atoms with E-state index in [-0.39, 0.29) is 12.5 Å². The Morgan fingerprint density at radius 2 is 2.00 bits per heavy atom. The largest absolute Gasteiger partial charge is 0.392 e. The monoisotopic (exact) mass is 387 g/mol. The lowest BCUT2D eigenvalue weighted by atomic mass is 9.61. The Hall–Kier alpha value is -1.58. The Kier molecular flexibility index (Phi) is 6.78. The quantitative estimate of drug-likeness (QED) is 0.703. The molecule has 4 atom stereocenters. The van der Waals surface area contributed by atoms with E-state index >= 15 is 0 Å². The van der Waals surface area contributed by atoms with Crippen molar-refractivity contribution in [2.75, 3.05) is 13.2 Å². The highest BCUT2D eigenvalue weighted by atomic mass is 35.5. The highest BCUT2D eigenvalue weighted by Crippen LogP contribution is 2.47. The van der Waals surface area contributed by atoms with Crippen molar-refractivity contribution in [3.8, 4) is 0 Å². The van der Waals surface area contributed by atoms with Crippen LogP contribution in [-0.4, -0.2) is 24.2 Å². The molecule has 2 aliphatic rings. The molecule has 0 unspecified atom stereocenters. The highest BCUT2D eigenvalue weighted by molar-refractivity contribution is 6.30. The van der Waals surface area contributed by atoms with Crippen LogP contribution < -0.4 is 5.32 Å². The van der Waals surface area contributed by atoms with Crippen molar-refractivity contribution >= 4 is 17.5 Å². The fourth-order valence-corrected chi connectivity index (χ4v) is 4.87. The number of carbonyl (C=O) groups excluding carboxylic acids is 1. The van der Waals surface area contributed by atoms with E-state index in [0.717, 1.165) is 47.4 Å². The van der Waals surface area contributed by atoms with Crippen LogP contribution in [0.2, 0.25) is 5.02 Å². The Morgan fingerprint density at radius 3 is 2.70 bits per heavy atom. The number of fused-ring (bicyclic) bond motifs is 1. The van der Waals surface area contributed by atoms with Gasteiger partial charge < -0.3 is 10.4 Å². The standard InChI is InChI=1S/C23H30ClNO2/c1-15-3-9-21(16(2)14-26)22-13-18(6-10-20(15)22)23(27)25-12-11-17-4-7-19(24)8-5-17/h4-5,7-8,13,15,20-22,26H,2-3,6,9-12,14H2,1H3,(H,25,27)/t15-,20-,21+,22-/m0/s1. The predicted molar refractivity (Wildman–Crippen MR) is 111 cm³/mol. The number of rotatable bonds is 6. The smallest absolute Gasteiger partial charge is 0.246 e. The molecule has 0 aliphatic heterocycles. The topological polar surface area (TPSA) is 49.3 Å². The van der Waals surface area contributed by atoms with Crippen LogP contribution in [0.25, 0.3) is 0 Å². The minimum atomic E-state index is 0.0404. The van der Waals surface area contributed by atoms with Crippen LogP contribution in [0.15, 0.2) is 48.1 Å². The second-order valence-electron chi connectivity index (χ2n) is 8.08. The molecule has 0 radical (unpaired) electrons. The Balaban J connectivity index is 1.62. The first-order valence-electron chi connectivity index (χ1n) is 10.0. The molecule has 27 heavy (non-hydrogen) atoms. The van der Waals surface area contributed by atoms with Crippen molar-refractivity contribution in [2.24, 2.45) is 23.7 Å². The molecule has 146 valence electrons. The number of benzene rings is 1. The molecule has 1 aromatic rings. The third-order valence-corrected chi connectivity index (χ3v) is 6.65. The van der Waals surface area contributed by atoms with E-state index in [9.17, 15) is 9.90 Å². The molecule has 4 heteroatoms. The van der Waals surface area contributed by atoms with Crippen molar-refractivity contribution in [3.63, 3.8) is 0 Å². The molecule has 0 heterocycles. The van der Waals surface area contributed by atoms with Gasteiger partial charge in [-0.1, -0.05) is 43.3 Å². The summed E-state index contributed by atoms with van der Waals surface area (Å²) in [6.07, 6.45) is 7.12. The second-order valence-corrected chi connectivity index (χ2v) is 8.52. The summed E-state index contributed by atoms with van der Waals surface area (Å²) in [6.45, 7) is 7.06. The second kappa shape index (κ2) is 9.07. The van der Waals surface area contributed by atoms with Gasteiger partial charge in [0.25, 0.3) is 0 Å². The van der Waals surface area contributed by atoms with Crippen LogP contribution >= 0.6 is 11.6 Å². The number of amides is 1. The summed E-state index contributed by atoms with van der Waals surface area (Å²) in [7, 11) is 0. The van der Waals surface area contributed by atoms with Crippen LogP contribution in [0.5, 0.6) is 0 Å². The minimum Gasteiger partial charge on any atom is -0.392 e. The lowest BCUT2D eigenvalue weighted by Gasteiger charge is -2.44. The fourth-order valence-electron chi connectivity index (χ4n) is 4.75. The summed E-state index contributed by atoms with van der Waals surface area (Å²) >= 11 is 5.91.